The van der Waals surface area contributed by atoms with Gasteiger partial charge in [-0.25, -0.2) is 9.38 Å². The summed E-state index contributed by atoms with van der Waals surface area (Å²) in [6.45, 7) is 0. The number of hydrogen-bond acceptors (Lipinski definition) is 1. The van der Waals surface area contributed by atoms with Crippen LogP contribution in [0, 0.1) is 5.82 Å². The van der Waals surface area contributed by atoms with E-state index in [-0.39, 0.29) is 35.8 Å². The van der Waals surface area contributed by atoms with Gasteiger partial charge < -0.3 is 11.1 Å². The summed E-state index contributed by atoms with van der Waals surface area (Å²) in [6.07, 6.45) is 7.31. The fraction of sp³-hybridized carbons (Fsp3) is 0.562. The third-order valence-corrected chi connectivity index (χ3v) is 4.32. The van der Waals surface area contributed by atoms with Gasteiger partial charge in [0.2, 0.25) is 0 Å². The monoisotopic (exact) mass is 403 g/mol. The Balaban J connectivity index is 0.00000161. The van der Waals surface area contributed by atoms with Crippen molar-refractivity contribution in [3.05, 3.63) is 35.6 Å². The van der Waals surface area contributed by atoms with Crippen LogP contribution in [-0.4, -0.2) is 18.0 Å². The first-order chi connectivity index (χ1) is 9.72. The number of nitrogens with zero attached hydrogens (tertiary/aromatic N) is 1. The number of nitrogens with two attached hydrogens (primary N) is 1. The average Bonchev–Trinajstić information content (AvgIpc) is 3.19. The van der Waals surface area contributed by atoms with Crippen molar-refractivity contribution in [1.82, 2.24) is 5.32 Å². The maximum absolute atomic E-state index is 12.9. The molecule has 2 saturated carbocycles. The van der Waals surface area contributed by atoms with Crippen molar-refractivity contribution >= 4 is 29.9 Å². The first-order valence-corrected chi connectivity index (χ1v) is 7.57. The summed E-state index contributed by atoms with van der Waals surface area (Å²) in [6, 6.07) is 7.48. The molecule has 0 bridgehead atoms. The van der Waals surface area contributed by atoms with Crippen LogP contribution < -0.4 is 11.1 Å². The van der Waals surface area contributed by atoms with Crippen LogP contribution in [0.1, 0.15) is 50.0 Å². The molecule has 0 aliphatic heterocycles. The van der Waals surface area contributed by atoms with E-state index in [1.165, 1.54) is 44.2 Å². The summed E-state index contributed by atoms with van der Waals surface area (Å²) in [4.78, 5) is 4.55. The standard InChI is InChI=1S/C16H22FN3.HI/c17-12-8-6-11(7-9-12)14-10-15(14)20-16(18)19-13-4-2-1-3-5-13;/h6-9,13-15H,1-5,10H2,(H3,18,19,20);1H/t14-,15+;/m0./s1. The second-order valence-electron chi connectivity index (χ2n) is 5.95. The molecule has 0 saturated heterocycles. The van der Waals surface area contributed by atoms with Crippen LogP contribution in [0.3, 0.4) is 0 Å². The molecule has 1 aromatic rings. The van der Waals surface area contributed by atoms with Gasteiger partial charge in [-0.15, -0.1) is 24.0 Å². The molecule has 0 heterocycles. The summed E-state index contributed by atoms with van der Waals surface area (Å²) in [7, 11) is 0. The number of guanidine groups is 1. The number of hydrogen-bond donors (Lipinski definition) is 2. The van der Waals surface area contributed by atoms with Gasteiger partial charge in [0, 0.05) is 12.0 Å². The van der Waals surface area contributed by atoms with Gasteiger partial charge in [-0.3, -0.25) is 0 Å². The summed E-state index contributed by atoms with van der Waals surface area (Å²) >= 11 is 0. The van der Waals surface area contributed by atoms with Crippen molar-refractivity contribution in [1.29, 1.82) is 0 Å². The summed E-state index contributed by atoms with van der Waals surface area (Å²) in [5.41, 5.74) is 7.15. The lowest BCUT2D eigenvalue weighted by Gasteiger charge is -2.23. The quantitative estimate of drug-likeness (QED) is 0.461. The van der Waals surface area contributed by atoms with Crippen molar-refractivity contribution in [2.45, 2.75) is 56.5 Å². The van der Waals surface area contributed by atoms with E-state index < -0.39 is 0 Å². The molecular weight excluding hydrogens is 380 g/mol. The van der Waals surface area contributed by atoms with Gasteiger partial charge in [0.15, 0.2) is 5.96 Å². The highest BCUT2D eigenvalue weighted by Crippen LogP contribution is 2.43. The van der Waals surface area contributed by atoms with Gasteiger partial charge >= 0.3 is 0 Å². The molecule has 3 nitrogen and oxygen atoms in total. The van der Waals surface area contributed by atoms with Crippen LogP contribution in [0.4, 0.5) is 4.39 Å². The van der Waals surface area contributed by atoms with E-state index in [0.29, 0.717) is 17.9 Å². The Kier molecular flexibility index (Phi) is 5.84. The van der Waals surface area contributed by atoms with Crippen LogP contribution >= 0.6 is 24.0 Å². The smallest absolute Gasteiger partial charge is 0.189 e. The van der Waals surface area contributed by atoms with E-state index >= 15 is 0 Å². The second-order valence-corrected chi connectivity index (χ2v) is 5.95. The molecule has 0 amide bonds. The highest BCUT2D eigenvalue weighted by atomic mass is 127. The van der Waals surface area contributed by atoms with Crippen LogP contribution in [0.25, 0.3) is 0 Å². The SMILES string of the molecule is I.NC(=N[C@@H]1C[C@H]1c1ccc(F)cc1)NC1CCCCC1. The molecule has 3 rings (SSSR count). The van der Waals surface area contributed by atoms with Crippen LogP contribution in [0.15, 0.2) is 29.3 Å². The topological polar surface area (TPSA) is 50.4 Å². The molecule has 0 spiro atoms. The lowest BCUT2D eigenvalue weighted by molar-refractivity contribution is 0.412. The maximum atomic E-state index is 12.9. The summed E-state index contributed by atoms with van der Waals surface area (Å²) in [5.74, 6) is 0.793. The van der Waals surface area contributed by atoms with E-state index in [2.05, 4.69) is 10.3 Å². The van der Waals surface area contributed by atoms with Gasteiger partial charge in [-0.1, -0.05) is 31.4 Å². The third kappa shape index (κ3) is 4.56. The number of halogens is 2. The van der Waals surface area contributed by atoms with Crippen LogP contribution in [-0.2, 0) is 0 Å². The Morgan fingerprint density at radius 3 is 2.48 bits per heavy atom. The zero-order chi connectivity index (χ0) is 13.9. The number of nitrogens with one attached hydrogen (secondary N) is 1. The van der Waals surface area contributed by atoms with Gasteiger partial charge in [-0.2, -0.15) is 0 Å². The van der Waals surface area contributed by atoms with E-state index in [4.69, 9.17) is 5.73 Å². The average molecular weight is 403 g/mol. The largest absolute Gasteiger partial charge is 0.370 e. The summed E-state index contributed by atoms with van der Waals surface area (Å²) in [5, 5.41) is 3.34. The Morgan fingerprint density at radius 2 is 1.81 bits per heavy atom. The molecule has 3 N–H and O–H groups in total. The predicted molar refractivity (Wildman–Crippen MR) is 94.6 cm³/mol. The van der Waals surface area contributed by atoms with Crippen molar-refractivity contribution in [3.63, 3.8) is 0 Å². The Labute approximate surface area is 142 Å². The summed E-state index contributed by atoms with van der Waals surface area (Å²) < 4.78 is 12.9. The number of benzene rings is 1. The molecule has 0 unspecified atom stereocenters. The van der Waals surface area contributed by atoms with E-state index in [0.717, 1.165) is 12.0 Å². The first-order valence-electron chi connectivity index (χ1n) is 7.57. The minimum absolute atomic E-state index is 0. The Bertz CT molecular complexity index is 483. The van der Waals surface area contributed by atoms with Crippen molar-refractivity contribution in [2.24, 2.45) is 10.7 Å². The molecule has 5 heteroatoms. The molecule has 0 aromatic heterocycles. The highest BCUT2D eigenvalue weighted by Gasteiger charge is 2.38. The normalized spacial score (nSPS) is 26.0. The first kappa shape index (κ1) is 16.5. The molecule has 0 radical (unpaired) electrons. The second kappa shape index (κ2) is 7.42. The van der Waals surface area contributed by atoms with Gasteiger partial charge in [0.25, 0.3) is 0 Å². The van der Waals surface area contributed by atoms with Crippen LogP contribution in [0.2, 0.25) is 0 Å². The molecule has 21 heavy (non-hydrogen) atoms. The Hall–Kier alpha value is -0.850. The van der Waals surface area contributed by atoms with E-state index in [1.54, 1.807) is 0 Å². The van der Waals surface area contributed by atoms with E-state index in [1.807, 2.05) is 12.1 Å². The minimum Gasteiger partial charge on any atom is -0.370 e. The lowest BCUT2D eigenvalue weighted by atomic mass is 9.96. The zero-order valence-electron chi connectivity index (χ0n) is 12.1. The lowest BCUT2D eigenvalue weighted by Crippen LogP contribution is -2.41. The molecular formula is C16H23FIN3. The fourth-order valence-corrected chi connectivity index (χ4v) is 3.06. The molecule has 116 valence electrons. The molecule has 2 fully saturated rings. The third-order valence-electron chi connectivity index (χ3n) is 4.32. The highest BCUT2D eigenvalue weighted by molar-refractivity contribution is 14.0. The molecule has 1 aromatic carbocycles. The minimum atomic E-state index is -0.187. The number of rotatable bonds is 3. The Morgan fingerprint density at radius 1 is 1.14 bits per heavy atom. The predicted octanol–water partition coefficient (Wildman–Crippen LogP) is 3.54. The van der Waals surface area contributed by atoms with E-state index in [9.17, 15) is 4.39 Å². The molecule has 2 aliphatic carbocycles. The molecule has 2 aliphatic rings. The van der Waals surface area contributed by atoms with Crippen molar-refractivity contribution < 1.29 is 4.39 Å². The van der Waals surface area contributed by atoms with Crippen molar-refractivity contribution in [3.8, 4) is 0 Å². The maximum Gasteiger partial charge on any atom is 0.189 e. The zero-order valence-corrected chi connectivity index (χ0v) is 14.4. The van der Waals surface area contributed by atoms with Gasteiger partial charge in [0.05, 0.1) is 6.04 Å². The van der Waals surface area contributed by atoms with Crippen molar-refractivity contribution in [2.75, 3.05) is 0 Å². The van der Waals surface area contributed by atoms with Gasteiger partial charge in [-0.05, 0) is 37.0 Å². The number of aliphatic imine (C=N–C) groups is 1. The van der Waals surface area contributed by atoms with Gasteiger partial charge in [0.1, 0.15) is 5.82 Å². The fourth-order valence-electron chi connectivity index (χ4n) is 3.06. The van der Waals surface area contributed by atoms with Crippen LogP contribution in [0.5, 0.6) is 0 Å². The molecule has 2 atom stereocenters.